The molecule has 0 saturated heterocycles. The van der Waals surface area contributed by atoms with E-state index in [1.54, 1.807) is 18.7 Å². The highest BCUT2D eigenvalue weighted by atomic mass is 16.2. The second kappa shape index (κ2) is 13.0. The zero-order valence-corrected chi connectivity index (χ0v) is 22.4. The number of rotatable bonds is 10. The summed E-state index contributed by atoms with van der Waals surface area (Å²) in [4.78, 5) is 37.7. The van der Waals surface area contributed by atoms with Gasteiger partial charge in [-0.25, -0.2) is 0 Å². The lowest BCUT2D eigenvalue weighted by Gasteiger charge is -2.26. The van der Waals surface area contributed by atoms with Crippen LogP contribution in [0.15, 0.2) is 41.1 Å². The van der Waals surface area contributed by atoms with Crippen molar-refractivity contribution in [3.63, 3.8) is 0 Å². The zero-order valence-electron chi connectivity index (χ0n) is 22.4. The molecule has 1 fully saturated rings. The van der Waals surface area contributed by atoms with Crippen LogP contribution in [-0.2, 0) is 9.59 Å². The van der Waals surface area contributed by atoms with Gasteiger partial charge in [0.15, 0.2) is 0 Å². The van der Waals surface area contributed by atoms with Crippen molar-refractivity contribution in [2.75, 3.05) is 25.0 Å². The summed E-state index contributed by atoms with van der Waals surface area (Å²) in [6.45, 7) is 8.81. The number of carbonyl (C=O) groups is 3. The van der Waals surface area contributed by atoms with Crippen LogP contribution in [0, 0.1) is 5.41 Å². The molecule has 4 N–H and O–H groups in total. The summed E-state index contributed by atoms with van der Waals surface area (Å²) in [7, 11) is 0. The van der Waals surface area contributed by atoms with Crippen LogP contribution in [0.2, 0.25) is 0 Å². The third kappa shape index (κ3) is 7.41. The first-order chi connectivity index (χ1) is 17.7. The van der Waals surface area contributed by atoms with E-state index in [0.29, 0.717) is 43.2 Å². The molecule has 0 aromatic heterocycles. The Morgan fingerprint density at radius 2 is 1.86 bits per heavy atom. The van der Waals surface area contributed by atoms with E-state index in [1.165, 1.54) is 19.1 Å². The van der Waals surface area contributed by atoms with Gasteiger partial charge in [0, 0.05) is 55.8 Å². The van der Waals surface area contributed by atoms with Crippen LogP contribution < -0.4 is 16.0 Å². The normalized spacial score (nSPS) is 17.0. The van der Waals surface area contributed by atoms with Crippen LogP contribution in [0.25, 0.3) is 5.57 Å². The van der Waals surface area contributed by atoms with E-state index in [1.807, 2.05) is 32.1 Å². The van der Waals surface area contributed by atoms with Gasteiger partial charge in [0.1, 0.15) is 0 Å². The number of allylic oxidation sites excluding steroid dienone is 3. The molecule has 2 aliphatic rings. The lowest BCUT2D eigenvalue weighted by Crippen LogP contribution is -2.32. The quantitative estimate of drug-likeness (QED) is 0.214. The molecule has 1 aliphatic carbocycles. The van der Waals surface area contributed by atoms with Crippen molar-refractivity contribution < 1.29 is 14.4 Å². The number of nitrogens with one attached hydrogen (secondary N) is 4. The maximum Gasteiger partial charge on any atom is 0.252 e. The minimum atomic E-state index is -0.240. The molecule has 8 nitrogen and oxygen atoms in total. The molecule has 1 aliphatic heterocycles. The predicted molar refractivity (Wildman–Crippen MR) is 149 cm³/mol. The van der Waals surface area contributed by atoms with Crippen molar-refractivity contribution in [3.05, 3.63) is 57.8 Å². The van der Waals surface area contributed by atoms with E-state index < -0.39 is 0 Å². The Labute approximate surface area is 219 Å². The first-order valence-electron chi connectivity index (χ1n) is 13.0. The number of hydrogen-bond acceptors (Lipinski definition) is 5. The van der Waals surface area contributed by atoms with Gasteiger partial charge in [-0.2, -0.15) is 0 Å². The van der Waals surface area contributed by atoms with E-state index >= 15 is 0 Å². The molecule has 1 aromatic rings. The molecule has 1 aromatic carbocycles. The van der Waals surface area contributed by atoms with Crippen molar-refractivity contribution in [2.45, 2.75) is 65.8 Å². The molecule has 8 heteroatoms. The number of hydrogen-bond donors (Lipinski definition) is 4. The number of benzene rings is 1. The van der Waals surface area contributed by atoms with Gasteiger partial charge >= 0.3 is 0 Å². The van der Waals surface area contributed by atoms with Crippen LogP contribution in [0.4, 0.5) is 5.69 Å². The molecular formula is C29H39N5O3. The van der Waals surface area contributed by atoms with Crippen LogP contribution in [0.3, 0.4) is 0 Å². The van der Waals surface area contributed by atoms with Crippen LogP contribution in [0.5, 0.6) is 0 Å². The molecule has 198 valence electrons. The summed E-state index contributed by atoms with van der Waals surface area (Å²) in [6.07, 6.45) is 11.0. The monoisotopic (exact) mass is 505 g/mol. The van der Waals surface area contributed by atoms with E-state index in [9.17, 15) is 14.4 Å². The van der Waals surface area contributed by atoms with Gasteiger partial charge < -0.3 is 26.3 Å². The second-order valence-corrected chi connectivity index (χ2v) is 9.94. The van der Waals surface area contributed by atoms with Gasteiger partial charge in [0.25, 0.3) is 5.91 Å². The third-order valence-corrected chi connectivity index (χ3v) is 7.22. The smallest absolute Gasteiger partial charge is 0.252 e. The van der Waals surface area contributed by atoms with Gasteiger partial charge in [-0.1, -0.05) is 24.5 Å². The van der Waals surface area contributed by atoms with Gasteiger partial charge in [0.05, 0.1) is 5.56 Å². The summed E-state index contributed by atoms with van der Waals surface area (Å²) < 4.78 is 0. The Balaban J connectivity index is 1.91. The fourth-order valence-corrected chi connectivity index (χ4v) is 4.84. The van der Waals surface area contributed by atoms with E-state index in [-0.39, 0.29) is 11.8 Å². The van der Waals surface area contributed by atoms with E-state index in [0.717, 1.165) is 52.9 Å². The lowest BCUT2D eigenvalue weighted by atomic mass is 9.93. The predicted octanol–water partition coefficient (Wildman–Crippen LogP) is 4.39. The SMILES string of the molecule is CC(=O)N1CC=C(c2cc(NC3CCCC3)c(C=N)c(C(=O)NC/C(C)=C(C)/C=C(/C)NC=O)c2)CC1. The fraction of sp³-hybridized carbons (Fsp3) is 0.448. The summed E-state index contributed by atoms with van der Waals surface area (Å²) >= 11 is 0. The Morgan fingerprint density at radius 3 is 2.46 bits per heavy atom. The topological polar surface area (TPSA) is 114 Å². The van der Waals surface area contributed by atoms with E-state index in [2.05, 4.69) is 22.0 Å². The Bertz CT molecular complexity index is 1140. The maximum absolute atomic E-state index is 13.4. The second-order valence-electron chi connectivity index (χ2n) is 9.94. The van der Waals surface area contributed by atoms with Gasteiger partial charge in [-0.15, -0.1) is 0 Å². The summed E-state index contributed by atoms with van der Waals surface area (Å²) in [5.74, 6) is -0.181. The summed E-state index contributed by atoms with van der Waals surface area (Å²) in [5, 5.41) is 17.4. The Kier molecular flexibility index (Phi) is 9.83. The largest absolute Gasteiger partial charge is 0.382 e. The highest BCUT2D eigenvalue weighted by Crippen LogP contribution is 2.31. The highest BCUT2D eigenvalue weighted by molar-refractivity contribution is 6.06. The molecule has 0 spiro atoms. The standard InChI is InChI=1S/C29H39N5O3/c1-19(13-21(3)32-18-35)20(2)17-31-29(37)26-14-24(23-9-11-34(12-10-23)22(4)36)15-28(27(26)16-30)33-25-7-5-6-8-25/h9,13-16,18,25,30,33H,5-8,10-12,17H2,1-4H3,(H,31,37)(H,32,35)/b20-19+,21-13-,30-16?. The van der Waals surface area contributed by atoms with Crippen molar-refractivity contribution in [1.82, 2.24) is 15.5 Å². The molecular weight excluding hydrogens is 466 g/mol. The number of carbonyl (C=O) groups excluding carboxylic acids is 3. The van der Waals surface area contributed by atoms with Crippen LogP contribution >= 0.6 is 0 Å². The minimum absolute atomic E-state index is 0.0591. The van der Waals surface area contributed by atoms with Crippen LogP contribution in [-0.4, -0.2) is 55.0 Å². The van der Waals surface area contributed by atoms with Crippen molar-refractivity contribution >= 4 is 35.7 Å². The van der Waals surface area contributed by atoms with Crippen LogP contribution in [0.1, 0.15) is 81.3 Å². The molecule has 0 bridgehead atoms. The molecule has 1 heterocycles. The number of nitrogens with zero attached hydrogens (tertiary/aromatic N) is 1. The zero-order chi connectivity index (χ0) is 26.9. The van der Waals surface area contributed by atoms with Crippen molar-refractivity contribution in [1.29, 1.82) is 5.41 Å². The molecule has 0 radical (unpaired) electrons. The number of amides is 3. The molecule has 3 rings (SSSR count). The first-order valence-corrected chi connectivity index (χ1v) is 13.0. The van der Waals surface area contributed by atoms with Gasteiger partial charge in [0.2, 0.25) is 12.3 Å². The molecule has 0 atom stereocenters. The fourth-order valence-electron chi connectivity index (χ4n) is 4.84. The van der Waals surface area contributed by atoms with E-state index in [4.69, 9.17) is 5.41 Å². The lowest BCUT2D eigenvalue weighted by molar-refractivity contribution is -0.128. The van der Waals surface area contributed by atoms with Crippen molar-refractivity contribution in [2.24, 2.45) is 0 Å². The summed E-state index contributed by atoms with van der Waals surface area (Å²) in [6, 6.07) is 4.25. The Hall–Kier alpha value is -3.68. The average molecular weight is 506 g/mol. The molecule has 37 heavy (non-hydrogen) atoms. The average Bonchev–Trinajstić information content (AvgIpc) is 3.39. The van der Waals surface area contributed by atoms with Gasteiger partial charge in [-0.3, -0.25) is 14.4 Å². The minimum Gasteiger partial charge on any atom is -0.382 e. The highest BCUT2D eigenvalue weighted by Gasteiger charge is 2.22. The third-order valence-electron chi connectivity index (χ3n) is 7.22. The summed E-state index contributed by atoms with van der Waals surface area (Å²) in [5.41, 5.74) is 6.55. The first kappa shape index (κ1) is 27.9. The molecule has 3 amide bonds. The molecule has 1 saturated carbocycles. The van der Waals surface area contributed by atoms with Gasteiger partial charge in [-0.05, 0) is 75.0 Å². The Morgan fingerprint density at radius 1 is 1.14 bits per heavy atom. The molecule has 0 unspecified atom stereocenters. The van der Waals surface area contributed by atoms with Crippen molar-refractivity contribution in [3.8, 4) is 0 Å². The maximum atomic E-state index is 13.4. The number of anilines is 1.